The van der Waals surface area contributed by atoms with Crippen LogP contribution in [-0.2, 0) is 6.54 Å². The van der Waals surface area contributed by atoms with Crippen LogP contribution in [-0.4, -0.2) is 11.0 Å². The van der Waals surface area contributed by atoms with Crippen LogP contribution in [0.2, 0.25) is 0 Å². The third kappa shape index (κ3) is 2.90. The average molecular weight is 268 g/mol. The number of thiophene rings is 1. The van der Waals surface area contributed by atoms with E-state index >= 15 is 0 Å². The van der Waals surface area contributed by atoms with Crippen LogP contribution in [0, 0.1) is 22.0 Å². The van der Waals surface area contributed by atoms with Gasteiger partial charge in [-0.15, -0.1) is 0 Å². The number of nitrogens with one attached hydrogen (secondary N) is 1. The first kappa shape index (κ1) is 13.5. The molecule has 0 saturated heterocycles. The third-order valence-corrected chi connectivity index (χ3v) is 5.07. The Morgan fingerprint density at radius 2 is 2.33 bits per heavy atom. The van der Waals surface area contributed by atoms with Crippen LogP contribution >= 0.6 is 11.3 Å². The van der Waals surface area contributed by atoms with E-state index in [9.17, 15) is 10.1 Å². The predicted molar refractivity (Wildman–Crippen MR) is 73.8 cm³/mol. The van der Waals surface area contributed by atoms with Crippen LogP contribution in [0.1, 0.15) is 38.7 Å². The van der Waals surface area contributed by atoms with Gasteiger partial charge in [0.1, 0.15) is 0 Å². The maximum Gasteiger partial charge on any atom is 0.324 e. The Kier molecular flexibility index (Phi) is 4.35. The summed E-state index contributed by atoms with van der Waals surface area (Å²) in [6.45, 7) is 5.32. The van der Waals surface area contributed by atoms with Crippen molar-refractivity contribution in [2.24, 2.45) is 11.8 Å². The summed E-state index contributed by atoms with van der Waals surface area (Å²) < 4.78 is 0. The number of rotatable bonds is 5. The zero-order valence-corrected chi connectivity index (χ0v) is 11.7. The Morgan fingerprint density at radius 1 is 1.56 bits per heavy atom. The molecule has 100 valence electrons. The molecule has 4 nitrogen and oxygen atoms in total. The lowest BCUT2D eigenvalue weighted by Gasteiger charge is -2.20. The van der Waals surface area contributed by atoms with Crippen molar-refractivity contribution in [1.29, 1.82) is 0 Å². The van der Waals surface area contributed by atoms with Gasteiger partial charge in [0.2, 0.25) is 0 Å². The Bertz CT molecular complexity index is 419. The van der Waals surface area contributed by atoms with Crippen molar-refractivity contribution in [3.63, 3.8) is 0 Å². The molecule has 0 bridgehead atoms. The number of nitro groups is 1. The van der Waals surface area contributed by atoms with Gasteiger partial charge in [0.25, 0.3) is 0 Å². The standard InChI is InChI=1S/C13H20N2O2S/c1-3-11-4-5-12(9(11)2)14-7-10-6-13(15(16)17)18-8-10/h6,8-9,11-12,14H,3-5,7H2,1-2H3. The van der Waals surface area contributed by atoms with E-state index in [1.54, 1.807) is 6.07 Å². The molecular formula is C13H20N2O2S. The minimum absolute atomic E-state index is 0.234. The molecule has 1 saturated carbocycles. The highest BCUT2D eigenvalue weighted by molar-refractivity contribution is 7.13. The first-order valence-corrected chi connectivity index (χ1v) is 7.45. The van der Waals surface area contributed by atoms with Crippen molar-refractivity contribution in [1.82, 2.24) is 5.32 Å². The minimum atomic E-state index is -0.320. The van der Waals surface area contributed by atoms with Gasteiger partial charge in [-0.2, -0.15) is 0 Å². The summed E-state index contributed by atoms with van der Waals surface area (Å²) in [4.78, 5) is 10.3. The molecule has 2 rings (SSSR count). The van der Waals surface area contributed by atoms with Crippen LogP contribution in [0.3, 0.4) is 0 Å². The van der Waals surface area contributed by atoms with Crippen molar-refractivity contribution in [3.05, 3.63) is 27.1 Å². The summed E-state index contributed by atoms with van der Waals surface area (Å²) in [5.74, 6) is 1.54. The van der Waals surface area contributed by atoms with E-state index in [0.29, 0.717) is 12.0 Å². The highest BCUT2D eigenvalue weighted by Crippen LogP contribution is 2.34. The lowest BCUT2D eigenvalue weighted by Crippen LogP contribution is -2.32. The zero-order chi connectivity index (χ0) is 13.1. The highest BCUT2D eigenvalue weighted by Gasteiger charge is 2.30. The van der Waals surface area contributed by atoms with E-state index in [2.05, 4.69) is 19.2 Å². The Labute approximate surface area is 112 Å². The molecule has 1 aromatic rings. The molecule has 0 amide bonds. The number of hydrogen-bond acceptors (Lipinski definition) is 4. The second-order valence-corrected chi connectivity index (χ2v) is 6.03. The van der Waals surface area contributed by atoms with Gasteiger partial charge < -0.3 is 5.32 Å². The fourth-order valence-electron chi connectivity index (χ4n) is 2.91. The van der Waals surface area contributed by atoms with Gasteiger partial charge in [0.15, 0.2) is 0 Å². The van der Waals surface area contributed by atoms with E-state index in [1.807, 2.05) is 5.38 Å². The second kappa shape index (κ2) is 5.80. The number of nitrogens with zero attached hydrogens (tertiary/aromatic N) is 1. The molecule has 3 unspecified atom stereocenters. The molecule has 1 aromatic heterocycles. The Hall–Kier alpha value is -0.940. The first-order chi connectivity index (χ1) is 8.61. The normalized spacial score (nSPS) is 27.6. The van der Waals surface area contributed by atoms with Crippen LogP contribution in [0.4, 0.5) is 5.00 Å². The summed E-state index contributed by atoms with van der Waals surface area (Å²) in [6.07, 6.45) is 3.79. The Balaban J connectivity index is 1.86. The molecule has 0 aliphatic heterocycles. The van der Waals surface area contributed by atoms with Crippen molar-refractivity contribution in [2.75, 3.05) is 0 Å². The lowest BCUT2D eigenvalue weighted by atomic mass is 9.93. The molecular weight excluding hydrogens is 248 g/mol. The van der Waals surface area contributed by atoms with Crippen LogP contribution in [0.15, 0.2) is 11.4 Å². The van der Waals surface area contributed by atoms with E-state index in [-0.39, 0.29) is 9.92 Å². The van der Waals surface area contributed by atoms with Crippen molar-refractivity contribution in [3.8, 4) is 0 Å². The third-order valence-electron chi connectivity index (χ3n) is 4.14. The lowest BCUT2D eigenvalue weighted by molar-refractivity contribution is -0.380. The summed E-state index contributed by atoms with van der Waals surface area (Å²) in [5.41, 5.74) is 1.03. The largest absolute Gasteiger partial charge is 0.324 e. The van der Waals surface area contributed by atoms with Crippen LogP contribution in [0.25, 0.3) is 0 Å². The van der Waals surface area contributed by atoms with Crippen LogP contribution < -0.4 is 5.32 Å². The summed E-state index contributed by atoms with van der Waals surface area (Å²) >= 11 is 1.21. The van der Waals surface area contributed by atoms with Gasteiger partial charge in [0.05, 0.1) is 4.92 Å². The average Bonchev–Trinajstić information content (AvgIpc) is 2.93. The van der Waals surface area contributed by atoms with E-state index in [4.69, 9.17) is 0 Å². The smallest absolute Gasteiger partial charge is 0.310 e. The van der Waals surface area contributed by atoms with E-state index in [0.717, 1.165) is 18.0 Å². The molecule has 0 aromatic carbocycles. The van der Waals surface area contributed by atoms with E-state index in [1.165, 1.54) is 30.6 Å². The molecule has 5 heteroatoms. The molecule has 1 heterocycles. The monoisotopic (exact) mass is 268 g/mol. The maximum absolute atomic E-state index is 10.6. The van der Waals surface area contributed by atoms with Gasteiger partial charge in [-0.05, 0) is 30.2 Å². The molecule has 3 atom stereocenters. The van der Waals surface area contributed by atoms with Crippen LogP contribution in [0.5, 0.6) is 0 Å². The summed E-state index contributed by atoms with van der Waals surface area (Å²) in [6, 6.07) is 2.24. The van der Waals surface area contributed by atoms with Gasteiger partial charge in [-0.25, -0.2) is 0 Å². The second-order valence-electron chi connectivity index (χ2n) is 5.14. The van der Waals surface area contributed by atoms with Crippen molar-refractivity contribution < 1.29 is 4.92 Å². The fraction of sp³-hybridized carbons (Fsp3) is 0.692. The van der Waals surface area contributed by atoms with Crippen molar-refractivity contribution in [2.45, 2.75) is 45.7 Å². The molecule has 1 fully saturated rings. The van der Waals surface area contributed by atoms with Gasteiger partial charge in [-0.1, -0.05) is 31.6 Å². The molecule has 1 aliphatic rings. The number of hydrogen-bond donors (Lipinski definition) is 1. The van der Waals surface area contributed by atoms with Gasteiger partial charge in [0, 0.05) is 24.0 Å². The highest BCUT2D eigenvalue weighted by atomic mass is 32.1. The quantitative estimate of drug-likeness (QED) is 0.656. The molecule has 1 N–H and O–H groups in total. The zero-order valence-electron chi connectivity index (χ0n) is 10.9. The molecule has 18 heavy (non-hydrogen) atoms. The first-order valence-electron chi connectivity index (χ1n) is 6.57. The molecule has 1 aliphatic carbocycles. The predicted octanol–water partition coefficient (Wildman–Crippen LogP) is 3.57. The summed E-state index contributed by atoms with van der Waals surface area (Å²) in [7, 11) is 0. The fourth-order valence-corrected chi connectivity index (χ4v) is 3.64. The molecule has 0 spiro atoms. The van der Waals surface area contributed by atoms with Gasteiger partial charge >= 0.3 is 5.00 Å². The minimum Gasteiger partial charge on any atom is -0.310 e. The van der Waals surface area contributed by atoms with Gasteiger partial charge in [-0.3, -0.25) is 10.1 Å². The summed E-state index contributed by atoms with van der Waals surface area (Å²) in [5, 5.41) is 16.3. The van der Waals surface area contributed by atoms with E-state index < -0.39 is 0 Å². The molecule has 0 radical (unpaired) electrons. The maximum atomic E-state index is 10.6. The Morgan fingerprint density at radius 3 is 2.89 bits per heavy atom. The van der Waals surface area contributed by atoms with Crippen molar-refractivity contribution >= 4 is 16.3 Å². The topological polar surface area (TPSA) is 55.2 Å². The SMILES string of the molecule is CCC1CCC(NCc2csc([N+](=O)[O-])c2)C1C.